The number of rotatable bonds is 3. The maximum Gasteiger partial charge on any atom is 0.269 e. The summed E-state index contributed by atoms with van der Waals surface area (Å²) in [5, 5.41) is 0. The molecule has 1 aliphatic heterocycles. The molecular formula is C10H12N2O5. The van der Waals surface area contributed by atoms with Gasteiger partial charge in [-0.05, 0) is 0 Å². The first-order chi connectivity index (χ1) is 8.22. The highest BCUT2D eigenvalue weighted by Crippen LogP contribution is 2.49. The fourth-order valence-electron chi connectivity index (χ4n) is 1.62. The van der Waals surface area contributed by atoms with Gasteiger partial charge in [0.25, 0.3) is 5.91 Å². The lowest BCUT2D eigenvalue weighted by molar-refractivity contribution is 0.0949. The Morgan fingerprint density at radius 3 is 2.65 bits per heavy atom. The fraction of sp³-hybridized carbons (Fsp3) is 0.300. The lowest BCUT2D eigenvalue weighted by atomic mass is 10.1. The predicted octanol–water partition coefficient (Wildman–Crippen LogP) is 0.0360. The molecule has 0 unspecified atom stereocenters. The molecule has 0 spiro atoms. The largest absolute Gasteiger partial charge is 0.493 e. The molecule has 0 radical (unpaired) electrons. The Morgan fingerprint density at radius 1 is 1.35 bits per heavy atom. The monoisotopic (exact) mass is 240 g/mol. The number of carbonyl (C=O) groups excluding carboxylic acids is 1. The van der Waals surface area contributed by atoms with E-state index >= 15 is 0 Å². The molecular weight excluding hydrogens is 228 g/mol. The molecule has 3 N–H and O–H groups in total. The predicted molar refractivity (Wildman–Crippen MR) is 57.3 cm³/mol. The molecule has 7 heteroatoms. The van der Waals surface area contributed by atoms with Gasteiger partial charge in [-0.25, -0.2) is 5.84 Å². The van der Waals surface area contributed by atoms with Crippen molar-refractivity contribution in [3.8, 4) is 23.0 Å². The van der Waals surface area contributed by atoms with E-state index in [0.717, 1.165) is 0 Å². The van der Waals surface area contributed by atoms with Crippen LogP contribution in [-0.2, 0) is 0 Å². The Hall–Kier alpha value is -2.15. The SMILES string of the molecule is COc1cc(C(=O)NN)c(OC)c2c1OCO2. The zero-order chi connectivity index (χ0) is 12.4. The highest BCUT2D eigenvalue weighted by molar-refractivity contribution is 5.98. The Bertz CT molecular complexity index is 460. The van der Waals surface area contributed by atoms with E-state index in [9.17, 15) is 4.79 Å². The van der Waals surface area contributed by atoms with Crippen LogP contribution in [0.15, 0.2) is 6.07 Å². The minimum atomic E-state index is -0.501. The Kier molecular flexibility index (Phi) is 2.92. The van der Waals surface area contributed by atoms with Crippen molar-refractivity contribution in [1.82, 2.24) is 5.43 Å². The molecule has 1 aliphatic rings. The van der Waals surface area contributed by atoms with Gasteiger partial charge in [0.2, 0.25) is 18.3 Å². The van der Waals surface area contributed by atoms with Crippen LogP contribution in [0.1, 0.15) is 10.4 Å². The standard InChI is InChI=1S/C10H12N2O5/c1-14-6-3-5(10(13)12-11)7(15-2)9-8(6)16-4-17-9/h3H,4,11H2,1-2H3,(H,12,13). The number of ether oxygens (including phenoxy) is 4. The minimum Gasteiger partial charge on any atom is -0.493 e. The van der Waals surface area contributed by atoms with Crippen LogP contribution < -0.4 is 30.2 Å². The van der Waals surface area contributed by atoms with E-state index in [0.29, 0.717) is 17.2 Å². The van der Waals surface area contributed by atoms with Gasteiger partial charge in [-0.1, -0.05) is 0 Å². The summed E-state index contributed by atoms with van der Waals surface area (Å²) < 4.78 is 20.7. The Balaban J connectivity index is 2.63. The molecule has 0 atom stereocenters. The highest BCUT2D eigenvalue weighted by Gasteiger charge is 2.29. The molecule has 17 heavy (non-hydrogen) atoms. The van der Waals surface area contributed by atoms with Crippen molar-refractivity contribution in [2.75, 3.05) is 21.0 Å². The van der Waals surface area contributed by atoms with Crippen LogP contribution in [0.25, 0.3) is 0 Å². The Labute approximate surface area is 97.4 Å². The maximum atomic E-state index is 11.6. The number of hydrogen-bond acceptors (Lipinski definition) is 6. The normalized spacial score (nSPS) is 12.2. The summed E-state index contributed by atoms with van der Waals surface area (Å²) in [6.45, 7) is 0.0513. The molecule has 0 aromatic heterocycles. The third-order valence-electron chi connectivity index (χ3n) is 2.36. The van der Waals surface area contributed by atoms with E-state index in [4.69, 9.17) is 24.8 Å². The van der Waals surface area contributed by atoms with Crippen molar-refractivity contribution in [2.45, 2.75) is 0 Å². The van der Waals surface area contributed by atoms with Crippen LogP contribution >= 0.6 is 0 Å². The summed E-state index contributed by atoms with van der Waals surface area (Å²) >= 11 is 0. The number of amides is 1. The molecule has 92 valence electrons. The minimum absolute atomic E-state index is 0.0513. The molecule has 1 heterocycles. The van der Waals surface area contributed by atoms with Crippen LogP contribution in [0.3, 0.4) is 0 Å². The number of methoxy groups -OCH3 is 2. The van der Waals surface area contributed by atoms with E-state index in [1.807, 2.05) is 5.43 Å². The highest BCUT2D eigenvalue weighted by atomic mass is 16.7. The number of fused-ring (bicyclic) bond motifs is 1. The van der Waals surface area contributed by atoms with E-state index in [-0.39, 0.29) is 18.1 Å². The van der Waals surface area contributed by atoms with Gasteiger partial charge in [-0.15, -0.1) is 0 Å². The van der Waals surface area contributed by atoms with Gasteiger partial charge in [0, 0.05) is 6.07 Å². The lowest BCUT2D eigenvalue weighted by Gasteiger charge is -2.12. The molecule has 1 aromatic rings. The average molecular weight is 240 g/mol. The number of nitrogen functional groups attached to an aromatic ring is 1. The number of nitrogens with one attached hydrogen (secondary N) is 1. The fourth-order valence-corrected chi connectivity index (χ4v) is 1.62. The lowest BCUT2D eigenvalue weighted by Crippen LogP contribution is -2.30. The quantitative estimate of drug-likeness (QED) is 0.440. The van der Waals surface area contributed by atoms with Crippen LogP contribution in [0, 0.1) is 0 Å². The van der Waals surface area contributed by atoms with Gasteiger partial charge >= 0.3 is 0 Å². The smallest absolute Gasteiger partial charge is 0.269 e. The zero-order valence-electron chi connectivity index (χ0n) is 9.40. The van der Waals surface area contributed by atoms with Crippen LogP contribution in [0.4, 0.5) is 0 Å². The zero-order valence-corrected chi connectivity index (χ0v) is 9.40. The first-order valence-electron chi connectivity index (χ1n) is 4.78. The number of hydrogen-bond donors (Lipinski definition) is 2. The number of benzene rings is 1. The van der Waals surface area contributed by atoms with Crippen molar-refractivity contribution >= 4 is 5.91 Å². The first kappa shape index (κ1) is 11.3. The maximum absolute atomic E-state index is 11.6. The van der Waals surface area contributed by atoms with Gasteiger partial charge < -0.3 is 18.9 Å². The summed E-state index contributed by atoms with van der Waals surface area (Å²) in [7, 11) is 2.89. The van der Waals surface area contributed by atoms with Crippen molar-refractivity contribution in [3.63, 3.8) is 0 Å². The van der Waals surface area contributed by atoms with Crippen molar-refractivity contribution in [2.24, 2.45) is 5.84 Å². The second-order valence-corrected chi connectivity index (χ2v) is 3.20. The molecule has 2 rings (SSSR count). The molecule has 1 amide bonds. The second kappa shape index (κ2) is 4.38. The van der Waals surface area contributed by atoms with Crippen molar-refractivity contribution in [3.05, 3.63) is 11.6 Å². The van der Waals surface area contributed by atoms with Gasteiger partial charge in [0.1, 0.15) is 0 Å². The molecule has 0 bridgehead atoms. The van der Waals surface area contributed by atoms with Crippen LogP contribution in [-0.4, -0.2) is 26.9 Å². The van der Waals surface area contributed by atoms with Crippen LogP contribution in [0.5, 0.6) is 23.0 Å². The third kappa shape index (κ3) is 1.70. The summed E-state index contributed by atoms with van der Waals surface area (Å²) in [4.78, 5) is 11.6. The van der Waals surface area contributed by atoms with E-state index in [1.54, 1.807) is 0 Å². The van der Waals surface area contributed by atoms with Crippen LogP contribution in [0.2, 0.25) is 0 Å². The van der Waals surface area contributed by atoms with Crippen molar-refractivity contribution in [1.29, 1.82) is 0 Å². The number of nitrogens with two attached hydrogens (primary N) is 1. The van der Waals surface area contributed by atoms with E-state index in [1.165, 1.54) is 20.3 Å². The molecule has 0 aliphatic carbocycles. The van der Waals surface area contributed by atoms with Crippen molar-refractivity contribution < 1.29 is 23.7 Å². The summed E-state index contributed by atoms with van der Waals surface area (Å²) in [5.41, 5.74) is 2.25. The molecule has 7 nitrogen and oxygen atoms in total. The first-order valence-corrected chi connectivity index (χ1v) is 4.78. The van der Waals surface area contributed by atoms with E-state index < -0.39 is 5.91 Å². The molecule has 1 aromatic carbocycles. The van der Waals surface area contributed by atoms with Gasteiger partial charge in [0.05, 0.1) is 19.8 Å². The Morgan fingerprint density at radius 2 is 2.06 bits per heavy atom. The summed E-state index contributed by atoms with van der Waals surface area (Å²) in [6.07, 6.45) is 0. The third-order valence-corrected chi connectivity index (χ3v) is 2.36. The molecule has 0 saturated heterocycles. The van der Waals surface area contributed by atoms with Gasteiger partial charge in [-0.3, -0.25) is 10.2 Å². The second-order valence-electron chi connectivity index (χ2n) is 3.20. The average Bonchev–Trinajstić information content (AvgIpc) is 2.84. The van der Waals surface area contributed by atoms with E-state index in [2.05, 4.69) is 0 Å². The topological polar surface area (TPSA) is 92.0 Å². The van der Waals surface area contributed by atoms with Gasteiger partial charge in [-0.2, -0.15) is 0 Å². The summed E-state index contributed by atoms with van der Waals surface area (Å²) in [6, 6.07) is 1.48. The molecule has 0 saturated carbocycles. The van der Waals surface area contributed by atoms with Gasteiger partial charge in [0.15, 0.2) is 11.5 Å². The molecule has 0 fully saturated rings. The number of carbonyl (C=O) groups is 1. The number of hydrazine groups is 1. The summed E-state index contributed by atoms with van der Waals surface area (Å²) in [5.74, 6) is 6.00.